The first-order valence-electron chi connectivity index (χ1n) is 10.6. The molecule has 2 N–H and O–H groups in total. The van der Waals surface area contributed by atoms with Crippen molar-refractivity contribution in [1.29, 1.82) is 0 Å². The van der Waals surface area contributed by atoms with E-state index in [1.807, 2.05) is 13.1 Å². The lowest BCUT2D eigenvalue weighted by molar-refractivity contribution is -0.283. The Balaban J connectivity index is 1.79. The second-order valence-electron chi connectivity index (χ2n) is 8.68. The lowest BCUT2D eigenvalue weighted by Crippen LogP contribution is -2.76. The summed E-state index contributed by atoms with van der Waals surface area (Å²) in [4.78, 5) is 0. The molecule has 0 radical (unpaired) electrons. The van der Waals surface area contributed by atoms with Crippen molar-refractivity contribution < 1.29 is 24.1 Å². The molecule has 154 valence electrons. The molecule has 28 heavy (non-hydrogen) atoms. The first-order valence-corrected chi connectivity index (χ1v) is 10.6. The third kappa shape index (κ3) is 2.07. The Morgan fingerprint density at radius 1 is 1.25 bits per heavy atom. The number of benzene rings is 1. The number of likely N-dealkylation sites (N-methyl/N-ethyl adjacent to an activating group) is 1. The van der Waals surface area contributed by atoms with Gasteiger partial charge in [-0.05, 0) is 37.9 Å². The molecular formula is C22H31NO5. The molecule has 0 amide bonds. The topological polar surface area (TPSA) is 69.2 Å². The van der Waals surface area contributed by atoms with E-state index in [1.165, 1.54) is 5.56 Å². The summed E-state index contributed by atoms with van der Waals surface area (Å²) in [5.41, 5.74) is 0.856. The average Bonchev–Trinajstić information content (AvgIpc) is 3.32. The standard InChI is InChI=1S/C22H31NO5/c1-4-5-8-20-17-14-6-7-15(25-3)18(17)28-19(20)22(26-11-12-27-22)10-9-21(20,24)16(13-14)23-2/h6-7,16,19,23-24H,4-5,8-13H2,1-3H3/t16?,19?,20-,21?/m0/s1. The van der Waals surface area contributed by atoms with Crippen LogP contribution in [0.25, 0.3) is 0 Å². The van der Waals surface area contributed by atoms with Crippen LogP contribution in [-0.4, -0.2) is 56.0 Å². The summed E-state index contributed by atoms with van der Waals surface area (Å²) in [7, 11) is 3.62. The lowest BCUT2D eigenvalue weighted by atomic mass is 9.49. The fourth-order valence-electron chi connectivity index (χ4n) is 6.43. The van der Waals surface area contributed by atoms with Gasteiger partial charge in [0.15, 0.2) is 17.6 Å². The first-order chi connectivity index (χ1) is 13.6. The molecule has 1 aromatic rings. The predicted octanol–water partition coefficient (Wildman–Crippen LogP) is 2.30. The molecule has 2 fully saturated rings. The maximum Gasteiger partial charge on any atom is 0.207 e. The number of rotatable bonds is 5. The van der Waals surface area contributed by atoms with Crippen LogP contribution in [0.5, 0.6) is 11.5 Å². The van der Waals surface area contributed by atoms with Gasteiger partial charge in [-0.25, -0.2) is 0 Å². The molecule has 0 aromatic heterocycles. The van der Waals surface area contributed by atoms with Gasteiger partial charge in [-0.2, -0.15) is 0 Å². The molecule has 2 aliphatic heterocycles. The van der Waals surface area contributed by atoms with Gasteiger partial charge in [-0.1, -0.05) is 25.8 Å². The smallest absolute Gasteiger partial charge is 0.207 e. The third-order valence-electron chi connectivity index (χ3n) is 7.63. The van der Waals surface area contributed by atoms with Gasteiger partial charge in [-0.3, -0.25) is 0 Å². The molecule has 4 atom stereocenters. The quantitative estimate of drug-likeness (QED) is 0.805. The Bertz CT molecular complexity index is 776. The van der Waals surface area contributed by atoms with Crippen molar-refractivity contribution in [3.05, 3.63) is 23.3 Å². The highest BCUT2D eigenvalue weighted by atomic mass is 16.8. The van der Waals surface area contributed by atoms with Crippen LogP contribution in [0.3, 0.4) is 0 Å². The molecule has 1 saturated carbocycles. The number of methoxy groups -OCH3 is 1. The Hall–Kier alpha value is -1.34. The summed E-state index contributed by atoms with van der Waals surface area (Å²) in [5, 5.41) is 15.7. The number of nitrogens with one attached hydrogen (secondary N) is 1. The summed E-state index contributed by atoms with van der Waals surface area (Å²) >= 11 is 0. The van der Waals surface area contributed by atoms with E-state index < -0.39 is 16.8 Å². The maximum absolute atomic E-state index is 12.3. The Morgan fingerprint density at radius 3 is 2.71 bits per heavy atom. The molecule has 1 spiro atoms. The van der Waals surface area contributed by atoms with Gasteiger partial charge in [0, 0.05) is 18.0 Å². The number of hydrogen-bond acceptors (Lipinski definition) is 6. The summed E-state index contributed by atoms with van der Waals surface area (Å²) < 4.78 is 24.7. The fourth-order valence-corrected chi connectivity index (χ4v) is 6.43. The zero-order valence-corrected chi connectivity index (χ0v) is 17.0. The summed E-state index contributed by atoms with van der Waals surface area (Å²) in [5.74, 6) is 0.702. The van der Waals surface area contributed by atoms with Gasteiger partial charge in [0.1, 0.15) is 0 Å². The summed E-state index contributed by atoms with van der Waals surface area (Å²) in [6.45, 7) is 3.33. The molecule has 4 aliphatic rings. The maximum atomic E-state index is 12.3. The van der Waals surface area contributed by atoms with Gasteiger partial charge < -0.3 is 29.4 Å². The van der Waals surface area contributed by atoms with Crippen LogP contribution in [0.4, 0.5) is 0 Å². The molecule has 2 heterocycles. The van der Waals surface area contributed by atoms with Crippen molar-refractivity contribution >= 4 is 0 Å². The van der Waals surface area contributed by atoms with Crippen molar-refractivity contribution in [2.24, 2.45) is 0 Å². The van der Waals surface area contributed by atoms with Gasteiger partial charge in [-0.15, -0.1) is 0 Å². The number of fused-ring (bicyclic) bond motifs is 1. The SMILES string of the molecule is CCCC[C@]12c3c4ccc(OC)c3OC1C1(CCC2(O)C(NC)C4)OCCO1. The van der Waals surface area contributed by atoms with Crippen LogP contribution in [0.1, 0.15) is 50.2 Å². The van der Waals surface area contributed by atoms with Crippen LogP contribution in [0, 0.1) is 0 Å². The fraction of sp³-hybridized carbons (Fsp3) is 0.727. The Morgan fingerprint density at radius 2 is 2.04 bits per heavy atom. The van der Waals surface area contributed by atoms with E-state index in [4.69, 9.17) is 18.9 Å². The number of aliphatic hydroxyl groups is 1. The van der Waals surface area contributed by atoms with Crippen LogP contribution < -0.4 is 14.8 Å². The average molecular weight is 389 g/mol. The molecule has 6 nitrogen and oxygen atoms in total. The zero-order chi connectivity index (χ0) is 19.6. The monoisotopic (exact) mass is 389 g/mol. The van der Waals surface area contributed by atoms with Crippen molar-refractivity contribution in [1.82, 2.24) is 5.32 Å². The highest BCUT2D eigenvalue weighted by Gasteiger charge is 2.75. The van der Waals surface area contributed by atoms with E-state index in [2.05, 4.69) is 18.3 Å². The summed E-state index contributed by atoms with van der Waals surface area (Å²) in [6.07, 6.45) is 4.55. The van der Waals surface area contributed by atoms with Crippen molar-refractivity contribution in [3.63, 3.8) is 0 Å². The van der Waals surface area contributed by atoms with Crippen molar-refractivity contribution in [2.75, 3.05) is 27.4 Å². The van der Waals surface area contributed by atoms with Gasteiger partial charge in [0.2, 0.25) is 5.79 Å². The van der Waals surface area contributed by atoms with E-state index in [-0.39, 0.29) is 12.1 Å². The van der Waals surface area contributed by atoms with E-state index in [0.717, 1.165) is 42.7 Å². The molecule has 2 aliphatic carbocycles. The molecular weight excluding hydrogens is 358 g/mol. The summed E-state index contributed by atoms with van der Waals surface area (Å²) in [6, 6.07) is 4.08. The second-order valence-corrected chi connectivity index (χ2v) is 8.68. The number of ether oxygens (including phenoxy) is 4. The van der Waals surface area contributed by atoms with Crippen LogP contribution in [-0.2, 0) is 21.3 Å². The largest absolute Gasteiger partial charge is 0.493 e. The van der Waals surface area contributed by atoms with Gasteiger partial charge >= 0.3 is 0 Å². The normalized spacial score (nSPS) is 37.0. The van der Waals surface area contributed by atoms with Gasteiger partial charge in [0.05, 0.1) is 31.3 Å². The van der Waals surface area contributed by atoms with E-state index in [1.54, 1.807) is 7.11 Å². The predicted molar refractivity (Wildman–Crippen MR) is 104 cm³/mol. The molecule has 6 heteroatoms. The Kier molecular flexibility index (Phi) is 4.22. The van der Waals surface area contributed by atoms with E-state index in [9.17, 15) is 5.11 Å². The number of unbranched alkanes of at least 4 members (excludes halogenated alkanes) is 1. The molecule has 3 unspecified atom stereocenters. The molecule has 0 bridgehead atoms. The minimum Gasteiger partial charge on any atom is -0.493 e. The zero-order valence-electron chi connectivity index (χ0n) is 17.0. The second kappa shape index (κ2) is 6.33. The minimum atomic E-state index is -0.924. The Labute approximate surface area is 166 Å². The minimum absolute atomic E-state index is 0.0407. The van der Waals surface area contributed by atoms with Crippen molar-refractivity contribution in [3.8, 4) is 11.5 Å². The van der Waals surface area contributed by atoms with Crippen LogP contribution in [0.15, 0.2) is 12.1 Å². The highest BCUT2D eigenvalue weighted by molar-refractivity contribution is 5.62. The molecule has 5 rings (SSSR count). The van der Waals surface area contributed by atoms with E-state index in [0.29, 0.717) is 26.1 Å². The lowest BCUT2D eigenvalue weighted by Gasteiger charge is -2.60. The van der Waals surface area contributed by atoms with Crippen molar-refractivity contribution in [2.45, 2.75) is 74.4 Å². The van der Waals surface area contributed by atoms with Crippen LogP contribution >= 0.6 is 0 Å². The highest BCUT2D eigenvalue weighted by Crippen LogP contribution is 2.66. The molecule has 1 aromatic carbocycles. The third-order valence-corrected chi connectivity index (χ3v) is 7.63. The first kappa shape index (κ1) is 18.7. The van der Waals surface area contributed by atoms with Crippen LogP contribution in [0.2, 0.25) is 0 Å². The van der Waals surface area contributed by atoms with Gasteiger partial charge in [0.25, 0.3) is 0 Å². The van der Waals surface area contributed by atoms with E-state index >= 15 is 0 Å². The number of hydrogen-bond donors (Lipinski definition) is 2. The molecule has 1 saturated heterocycles.